The smallest absolute Gasteiger partial charge is 0.287 e. The number of amides is 1. The third-order valence-corrected chi connectivity index (χ3v) is 3.16. The van der Waals surface area contributed by atoms with Crippen molar-refractivity contribution in [3.05, 3.63) is 36.1 Å². The van der Waals surface area contributed by atoms with E-state index >= 15 is 0 Å². The van der Waals surface area contributed by atoms with Crippen LogP contribution in [-0.4, -0.2) is 16.9 Å². The first-order valence-corrected chi connectivity index (χ1v) is 6.48. The highest BCUT2D eigenvalue weighted by atomic mass is 32.1. The van der Waals surface area contributed by atoms with E-state index in [2.05, 4.69) is 5.32 Å². The Kier molecular flexibility index (Phi) is 3.85. The first-order chi connectivity index (χ1) is 8.99. The molecule has 2 aromatic rings. The van der Waals surface area contributed by atoms with Crippen LogP contribution in [0, 0.1) is 5.92 Å². The van der Waals surface area contributed by atoms with Crippen molar-refractivity contribution in [2.45, 2.75) is 19.9 Å². The molecule has 1 atom stereocenters. The lowest BCUT2D eigenvalue weighted by Gasteiger charge is -2.20. The summed E-state index contributed by atoms with van der Waals surface area (Å²) in [4.78, 5) is 12.4. The Balaban J connectivity index is 2.21. The van der Waals surface area contributed by atoms with Crippen molar-refractivity contribution < 1.29 is 9.21 Å². The lowest BCUT2D eigenvalue weighted by atomic mass is 10.0. The molecule has 4 nitrogen and oxygen atoms in total. The minimum atomic E-state index is -0.337. The maximum atomic E-state index is 12.1. The summed E-state index contributed by atoms with van der Waals surface area (Å²) in [5.41, 5.74) is 6.31. The van der Waals surface area contributed by atoms with Crippen molar-refractivity contribution in [2.24, 2.45) is 11.7 Å². The van der Waals surface area contributed by atoms with E-state index in [1.807, 2.05) is 38.1 Å². The summed E-state index contributed by atoms with van der Waals surface area (Å²) < 4.78 is 5.49. The quantitative estimate of drug-likeness (QED) is 0.842. The zero-order valence-electron chi connectivity index (χ0n) is 10.8. The number of nitrogens with two attached hydrogens (primary N) is 1. The molecular weight excluding hydrogens is 260 g/mol. The van der Waals surface area contributed by atoms with Crippen LogP contribution in [-0.2, 0) is 0 Å². The van der Waals surface area contributed by atoms with Crippen LogP contribution in [0.25, 0.3) is 11.0 Å². The van der Waals surface area contributed by atoms with Gasteiger partial charge in [0.15, 0.2) is 5.76 Å². The lowest BCUT2D eigenvalue weighted by molar-refractivity contribution is 0.0914. The number of nitrogens with one attached hydrogen (secondary N) is 1. The largest absolute Gasteiger partial charge is 0.451 e. The molecule has 1 aromatic carbocycles. The highest BCUT2D eigenvalue weighted by Crippen LogP contribution is 2.19. The minimum Gasteiger partial charge on any atom is -0.451 e. The van der Waals surface area contributed by atoms with Gasteiger partial charge in [-0.25, -0.2) is 0 Å². The fourth-order valence-corrected chi connectivity index (χ4v) is 2.20. The highest BCUT2D eigenvalue weighted by Gasteiger charge is 2.21. The van der Waals surface area contributed by atoms with E-state index in [9.17, 15) is 4.79 Å². The van der Waals surface area contributed by atoms with Crippen LogP contribution in [0.3, 0.4) is 0 Å². The molecule has 0 saturated heterocycles. The Bertz CT molecular complexity index is 586. The second kappa shape index (κ2) is 5.40. The Hall–Kier alpha value is -1.88. The van der Waals surface area contributed by atoms with Crippen molar-refractivity contribution in [1.82, 2.24) is 5.32 Å². The Labute approximate surface area is 117 Å². The number of hydrogen-bond donors (Lipinski definition) is 2. The number of benzene rings is 1. The van der Waals surface area contributed by atoms with Gasteiger partial charge in [0.2, 0.25) is 0 Å². The molecule has 19 heavy (non-hydrogen) atoms. The van der Waals surface area contributed by atoms with Crippen molar-refractivity contribution in [2.75, 3.05) is 0 Å². The van der Waals surface area contributed by atoms with E-state index in [0.29, 0.717) is 5.58 Å². The molecule has 0 radical (unpaired) electrons. The Morgan fingerprint density at radius 2 is 2.05 bits per heavy atom. The van der Waals surface area contributed by atoms with Crippen LogP contribution < -0.4 is 11.1 Å². The average Bonchev–Trinajstić information content (AvgIpc) is 2.78. The average molecular weight is 276 g/mol. The van der Waals surface area contributed by atoms with Crippen molar-refractivity contribution >= 4 is 34.1 Å². The standard InChI is InChI=1S/C14H16N2O2S/c1-8(2)12(13(15)19)16-14(17)11-7-9-5-3-4-6-10(9)18-11/h3-8,12H,1-2H3,(H2,15,19)(H,16,17). The normalized spacial score (nSPS) is 12.6. The van der Waals surface area contributed by atoms with Gasteiger partial charge in [0.05, 0.1) is 11.0 Å². The molecule has 1 unspecified atom stereocenters. The molecule has 1 amide bonds. The molecule has 5 heteroatoms. The van der Waals surface area contributed by atoms with Gasteiger partial charge in [0.1, 0.15) is 5.58 Å². The van der Waals surface area contributed by atoms with E-state index in [4.69, 9.17) is 22.4 Å². The number of thiocarbonyl (C=S) groups is 1. The molecule has 1 aromatic heterocycles. The zero-order chi connectivity index (χ0) is 14.0. The molecule has 0 bridgehead atoms. The highest BCUT2D eigenvalue weighted by molar-refractivity contribution is 7.80. The van der Waals surface area contributed by atoms with Crippen LogP contribution >= 0.6 is 12.2 Å². The Morgan fingerprint density at radius 1 is 1.37 bits per heavy atom. The van der Waals surface area contributed by atoms with Crippen molar-refractivity contribution in [1.29, 1.82) is 0 Å². The third-order valence-electron chi connectivity index (χ3n) is 2.91. The van der Waals surface area contributed by atoms with Crippen molar-refractivity contribution in [3.63, 3.8) is 0 Å². The maximum Gasteiger partial charge on any atom is 0.287 e. The molecule has 0 aliphatic rings. The molecule has 100 valence electrons. The monoisotopic (exact) mass is 276 g/mol. The molecule has 3 N–H and O–H groups in total. The summed E-state index contributed by atoms with van der Waals surface area (Å²) in [6.45, 7) is 3.89. The minimum absolute atomic E-state index is 0.130. The molecule has 0 fully saturated rings. The summed E-state index contributed by atoms with van der Waals surface area (Å²) in [5, 5.41) is 3.69. The molecule has 0 aliphatic carbocycles. The van der Waals surface area contributed by atoms with Gasteiger partial charge in [-0.15, -0.1) is 0 Å². The number of fused-ring (bicyclic) bond motifs is 1. The SMILES string of the molecule is CC(C)C(NC(=O)c1cc2ccccc2o1)C(N)=S. The van der Waals surface area contributed by atoms with Gasteiger partial charge in [0.25, 0.3) is 5.91 Å². The van der Waals surface area contributed by atoms with Crippen molar-refractivity contribution in [3.8, 4) is 0 Å². The molecule has 0 spiro atoms. The molecule has 2 rings (SSSR count). The third kappa shape index (κ3) is 2.93. The number of furan rings is 1. The predicted molar refractivity (Wildman–Crippen MR) is 79.1 cm³/mol. The molecule has 1 heterocycles. The van der Waals surface area contributed by atoms with E-state index < -0.39 is 0 Å². The summed E-state index contributed by atoms with van der Waals surface area (Å²) >= 11 is 4.96. The lowest BCUT2D eigenvalue weighted by Crippen LogP contribution is -2.46. The summed E-state index contributed by atoms with van der Waals surface area (Å²) in [5.74, 6) is 0.0941. The molecular formula is C14H16N2O2S. The van der Waals surface area contributed by atoms with Crippen LogP contribution in [0.2, 0.25) is 0 Å². The molecule has 0 aliphatic heterocycles. The van der Waals surface area contributed by atoms with E-state index in [1.165, 1.54) is 0 Å². The number of carbonyl (C=O) groups is 1. The fourth-order valence-electron chi connectivity index (χ4n) is 1.87. The number of rotatable bonds is 4. The first kappa shape index (κ1) is 13.5. The summed E-state index contributed by atoms with van der Waals surface area (Å²) in [6.07, 6.45) is 0. The maximum absolute atomic E-state index is 12.1. The number of hydrogen-bond acceptors (Lipinski definition) is 3. The summed E-state index contributed by atoms with van der Waals surface area (Å²) in [6, 6.07) is 8.84. The summed E-state index contributed by atoms with van der Waals surface area (Å²) in [7, 11) is 0. The van der Waals surface area contributed by atoms with E-state index in [-0.39, 0.29) is 28.6 Å². The fraction of sp³-hybridized carbons (Fsp3) is 0.286. The van der Waals surface area contributed by atoms with Gasteiger partial charge in [-0.2, -0.15) is 0 Å². The molecule has 0 saturated carbocycles. The van der Waals surface area contributed by atoms with E-state index in [0.717, 1.165) is 5.39 Å². The van der Waals surface area contributed by atoms with Crippen LogP contribution in [0.4, 0.5) is 0 Å². The predicted octanol–water partition coefficient (Wildman–Crippen LogP) is 2.47. The Morgan fingerprint density at radius 3 is 2.63 bits per heavy atom. The van der Waals surface area contributed by atoms with Gasteiger partial charge < -0.3 is 15.5 Å². The van der Waals surface area contributed by atoms with Gasteiger partial charge in [0, 0.05) is 5.39 Å². The van der Waals surface area contributed by atoms with Gasteiger partial charge in [-0.3, -0.25) is 4.79 Å². The zero-order valence-corrected chi connectivity index (χ0v) is 11.7. The number of carbonyl (C=O) groups excluding carboxylic acids is 1. The first-order valence-electron chi connectivity index (χ1n) is 6.08. The topological polar surface area (TPSA) is 68.3 Å². The van der Waals surface area contributed by atoms with E-state index in [1.54, 1.807) is 6.07 Å². The second-order valence-electron chi connectivity index (χ2n) is 4.75. The number of para-hydroxylation sites is 1. The van der Waals surface area contributed by atoms with Gasteiger partial charge in [-0.05, 0) is 18.1 Å². The van der Waals surface area contributed by atoms with Gasteiger partial charge >= 0.3 is 0 Å². The van der Waals surface area contributed by atoms with Crippen LogP contribution in [0.5, 0.6) is 0 Å². The van der Waals surface area contributed by atoms with Crippen LogP contribution in [0.1, 0.15) is 24.4 Å². The van der Waals surface area contributed by atoms with Crippen LogP contribution in [0.15, 0.2) is 34.7 Å². The van der Waals surface area contributed by atoms with Gasteiger partial charge in [-0.1, -0.05) is 44.3 Å². The second-order valence-corrected chi connectivity index (χ2v) is 5.22.